The highest BCUT2D eigenvalue weighted by Crippen LogP contribution is 2.14. The maximum atomic E-state index is 12.2. The monoisotopic (exact) mass is 364 g/mol. The maximum absolute atomic E-state index is 12.2. The molecule has 27 heavy (non-hydrogen) atoms. The summed E-state index contributed by atoms with van der Waals surface area (Å²) in [5.41, 5.74) is 4.42. The van der Waals surface area contributed by atoms with Crippen LogP contribution in [0.5, 0.6) is 0 Å². The molecule has 1 aromatic heterocycles. The Morgan fingerprint density at radius 3 is 2.41 bits per heavy atom. The number of hydrogen-bond donors (Lipinski definition) is 0. The van der Waals surface area contributed by atoms with Gasteiger partial charge in [0.2, 0.25) is 11.6 Å². The summed E-state index contributed by atoms with van der Waals surface area (Å²) in [5.74, 6) is -0.414. The van der Waals surface area contributed by atoms with E-state index in [1.165, 1.54) is 0 Å². The van der Waals surface area contributed by atoms with Crippen LogP contribution in [-0.4, -0.2) is 38.6 Å². The van der Waals surface area contributed by atoms with Crippen LogP contribution in [0.3, 0.4) is 0 Å². The van der Waals surface area contributed by atoms with Gasteiger partial charge in [-0.25, -0.2) is 4.79 Å². The van der Waals surface area contributed by atoms with E-state index in [-0.39, 0.29) is 18.9 Å². The molecule has 0 saturated carbocycles. The molecule has 3 aromatic rings. The van der Waals surface area contributed by atoms with Crippen molar-refractivity contribution in [2.45, 2.75) is 27.3 Å². The van der Waals surface area contributed by atoms with Crippen LogP contribution in [0.15, 0.2) is 42.5 Å². The van der Waals surface area contributed by atoms with Crippen molar-refractivity contribution in [3.63, 3.8) is 0 Å². The molecule has 0 spiro atoms. The molecule has 7 heteroatoms. The largest absolute Gasteiger partial charge is 0.456 e. The Bertz CT molecular complexity index is 977. The fourth-order valence-corrected chi connectivity index (χ4v) is 2.64. The average molecular weight is 364 g/mol. The molecule has 0 aliphatic carbocycles. The Kier molecular flexibility index (Phi) is 5.40. The molecule has 0 fully saturated rings. The first-order valence-electron chi connectivity index (χ1n) is 8.53. The van der Waals surface area contributed by atoms with Gasteiger partial charge in [-0.15, -0.1) is 10.2 Å². The smallest absolute Gasteiger partial charge is 0.330 e. The zero-order valence-corrected chi connectivity index (χ0v) is 15.5. The number of carbonyl (C=O) groups is 2. The first kappa shape index (κ1) is 18.4. The Morgan fingerprint density at radius 1 is 1.00 bits per heavy atom. The summed E-state index contributed by atoms with van der Waals surface area (Å²) in [7, 11) is 0. The maximum Gasteiger partial charge on any atom is 0.330 e. The molecule has 138 valence electrons. The van der Waals surface area contributed by atoms with Gasteiger partial charge in [0.25, 0.3) is 0 Å². The van der Waals surface area contributed by atoms with E-state index in [2.05, 4.69) is 15.4 Å². The van der Waals surface area contributed by atoms with Crippen LogP contribution in [0.1, 0.15) is 27.0 Å². The molecule has 0 amide bonds. The van der Waals surface area contributed by atoms with Crippen molar-refractivity contribution in [1.82, 2.24) is 20.2 Å². The van der Waals surface area contributed by atoms with Crippen molar-refractivity contribution in [3.05, 3.63) is 64.7 Å². The molecule has 3 rings (SSSR count). The lowest BCUT2D eigenvalue weighted by Gasteiger charge is -2.07. The summed E-state index contributed by atoms with van der Waals surface area (Å²) in [5, 5.41) is 12.0. The molecule has 0 saturated heterocycles. The first-order chi connectivity index (χ1) is 12.9. The fraction of sp³-hybridized carbons (Fsp3) is 0.250. The number of aryl methyl sites for hydroxylation is 3. The Balaban J connectivity index is 1.56. The number of benzene rings is 2. The van der Waals surface area contributed by atoms with Gasteiger partial charge in [0, 0.05) is 11.1 Å². The van der Waals surface area contributed by atoms with Crippen molar-refractivity contribution in [2.24, 2.45) is 0 Å². The summed E-state index contributed by atoms with van der Waals surface area (Å²) >= 11 is 0. The third-order valence-electron chi connectivity index (χ3n) is 4.08. The third kappa shape index (κ3) is 4.63. The number of ether oxygens (including phenoxy) is 1. The lowest BCUT2D eigenvalue weighted by Crippen LogP contribution is -2.20. The van der Waals surface area contributed by atoms with Crippen LogP contribution in [-0.2, 0) is 16.1 Å². The number of nitrogens with zero attached hydrogens (tertiary/aromatic N) is 4. The number of Topliss-reactive ketones (excluding diaryl/α,β-unsaturated/α-hetero) is 1. The summed E-state index contributed by atoms with van der Waals surface area (Å²) in [6, 6.07) is 13.2. The number of hydrogen-bond acceptors (Lipinski definition) is 6. The van der Waals surface area contributed by atoms with Crippen LogP contribution < -0.4 is 0 Å². The van der Waals surface area contributed by atoms with E-state index in [1.54, 1.807) is 6.07 Å². The van der Waals surface area contributed by atoms with Crippen molar-refractivity contribution < 1.29 is 14.3 Å². The molecule has 2 aromatic carbocycles. The molecule has 0 atom stereocenters. The highest BCUT2D eigenvalue weighted by molar-refractivity contribution is 5.99. The summed E-state index contributed by atoms with van der Waals surface area (Å²) < 4.78 is 5.06. The minimum atomic E-state index is -0.596. The second-order valence-corrected chi connectivity index (χ2v) is 6.41. The highest BCUT2D eigenvalue weighted by atomic mass is 16.5. The number of tetrazole rings is 1. The van der Waals surface area contributed by atoms with Crippen LogP contribution in [0.2, 0.25) is 0 Å². The van der Waals surface area contributed by atoms with Gasteiger partial charge in [0.1, 0.15) is 0 Å². The zero-order valence-electron chi connectivity index (χ0n) is 15.5. The van der Waals surface area contributed by atoms with Gasteiger partial charge in [-0.1, -0.05) is 53.6 Å². The summed E-state index contributed by atoms with van der Waals surface area (Å²) in [4.78, 5) is 25.3. The predicted octanol–water partition coefficient (Wildman–Crippen LogP) is 2.69. The van der Waals surface area contributed by atoms with Gasteiger partial charge in [0.05, 0.1) is 0 Å². The molecular formula is C20H20N4O3. The van der Waals surface area contributed by atoms with Crippen molar-refractivity contribution in [3.8, 4) is 11.4 Å². The normalized spacial score (nSPS) is 10.6. The van der Waals surface area contributed by atoms with E-state index in [1.807, 2.05) is 57.2 Å². The van der Waals surface area contributed by atoms with Gasteiger partial charge < -0.3 is 4.74 Å². The van der Waals surface area contributed by atoms with Crippen molar-refractivity contribution in [2.75, 3.05) is 6.61 Å². The van der Waals surface area contributed by atoms with E-state index in [4.69, 9.17) is 4.74 Å². The van der Waals surface area contributed by atoms with Gasteiger partial charge in [-0.2, -0.15) is 4.80 Å². The molecule has 0 bridgehead atoms. The fourth-order valence-electron chi connectivity index (χ4n) is 2.64. The van der Waals surface area contributed by atoms with Crippen LogP contribution in [0.4, 0.5) is 0 Å². The topological polar surface area (TPSA) is 87.0 Å². The standard InChI is InChI=1S/C20H20N4O3/c1-13-4-7-16(8-5-13)20-21-23-24(22-20)11-19(26)27-12-18(25)17-9-6-14(2)10-15(17)3/h4-10H,11-12H2,1-3H3. The van der Waals surface area contributed by atoms with Crippen LogP contribution >= 0.6 is 0 Å². The minimum Gasteiger partial charge on any atom is -0.456 e. The van der Waals surface area contributed by atoms with E-state index in [9.17, 15) is 9.59 Å². The molecular weight excluding hydrogens is 344 g/mol. The zero-order chi connectivity index (χ0) is 19.4. The average Bonchev–Trinajstić information content (AvgIpc) is 3.08. The number of rotatable bonds is 6. The lowest BCUT2D eigenvalue weighted by molar-refractivity contribution is -0.143. The molecule has 0 radical (unpaired) electrons. The SMILES string of the molecule is Cc1ccc(-c2nnn(CC(=O)OCC(=O)c3ccc(C)cc3C)n2)cc1. The molecule has 7 nitrogen and oxygen atoms in total. The molecule has 0 N–H and O–H groups in total. The second-order valence-electron chi connectivity index (χ2n) is 6.41. The summed E-state index contributed by atoms with van der Waals surface area (Å²) in [6.45, 7) is 5.27. The first-order valence-corrected chi connectivity index (χ1v) is 8.53. The Morgan fingerprint density at radius 2 is 1.70 bits per heavy atom. The minimum absolute atomic E-state index is 0.209. The van der Waals surface area contributed by atoms with Crippen molar-refractivity contribution >= 4 is 11.8 Å². The summed E-state index contributed by atoms with van der Waals surface area (Å²) in [6.07, 6.45) is 0. The molecule has 0 aliphatic heterocycles. The van der Waals surface area contributed by atoms with Crippen LogP contribution in [0, 0.1) is 20.8 Å². The Labute approximate surface area is 157 Å². The predicted molar refractivity (Wildman–Crippen MR) is 99.2 cm³/mol. The third-order valence-corrected chi connectivity index (χ3v) is 4.08. The van der Waals surface area contributed by atoms with Crippen molar-refractivity contribution in [1.29, 1.82) is 0 Å². The molecule has 0 aliphatic rings. The van der Waals surface area contributed by atoms with Gasteiger partial charge in [0.15, 0.2) is 13.2 Å². The molecule has 1 heterocycles. The van der Waals surface area contributed by atoms with E-state index >= 15 is 0 Å². The lowest BCUT2D eigenvalue weighted by atomic mass is 10.0. The van der Waals surface area contributed by atoms with E-state index in [0.717, 1.165) is 27.1 Å². The van der Waals surface area contributed by atoms with Gasteiger partial charge in [-0.3, -0.25) is 4.79 Å². The number of carbonyl (C=O) groups excluding carboxylic acids is 2. The Hall–Kier alpha value is -3.35. The second kappa shape index (κ2) is 7.90. The van der Waals surface area contributed by atoms with Crippen LogP contribution in [0.25, 0.3) is 11.4 Å². The molecule has 0 unspecified atom stereocenters. The van der Waals surface area contributed by atoms with Gasteiger partial charge >= 0.3 is 5.97 Å². The number of aromatic nitrogens is 4. The van der Waals surface area contributed by atoms with Gasteiger partial charge in [-0.05, 0) is 31.5 Å². The quantitative estimate of drug-likeness (QED) is 0.494. The van der Waals surface area contributed by atoms with E-state index in [0.29, 0.717) is 11.4 Å². The van der Waals surface area contributed by atoms with E-state index < -0.39 is 5.97 Å². The number of esters is 1. The number of ketones is 1. The highest BCUT2D eigenvalue weighted by Gasteiger charge is 2.14.